The summed E-state index contributed by atoms with van der Waals surface area (Å²) in [4.78, 5) is 24.5. The number of furan rings is 1. The second-order valence-corrected chi connectivity index (χ2v) is 8.27. The minimum atomic E-state index is -0.579. The molecule has 2 aromatic heterocycles. The van der Waals surface area contributed by atoms with Gasteiger partial charge in [0, 0.05) is 22.5 Å². The molecule has 0 aliphatic rings. The van der Waals surface area contributed by atoms with Gasteiger partial charge < -0.3 is 15.5 Å². The third kappa shape index (κ3) is 4.21. The van der Waals surface area contributed by atoms with Crippen LogP contribution in [0.4, 0.5) is 5.00 Å². The minimum absolute atomic E-state index is 0.260. The first-order valence-electron chi connectivity index (χ1n) is 8.94. The topological polar surface area (TPSA) is 85.3 Å². The average molecular weight is 423 g/mol. The summed E-state index contributed by atoms with van der Waals surface area (Å²) in [6.45, 7) is 0. The van der Waals surface area contributed by atoms with Crippen molar-refractivity contribution in [1.29, 1.82) is 0 Å². The quantitative estimate of drug-likeness (QED) is 0.424. The molecule has 0 unspecified atom stereocenters. The third-order valence-electron chi connectivity index (χ3n) is 4.42. The van der Waals surface area contributed by atoms with Gasteiger partial charge in [-0.15, -0.1) is 11.3 Å². The number of thioether (sulfide) groups is 1. The predicted molar refractivity (Wildman–Crippen MR) is 118 cm³/mol. The molecule has 2 aromatic carbocycles. The van der Waals surface area contributed by atoms with Crippen molar-refractivity contribution in [3.05, 3.63) is 88.5 Å². The fourth-order valence-electron chi connectivity index (χ4n) is 3.03. The number of thiophene rings is 1. The fraction of sp³-hybridized carbons (Fsp3) is 0.0909. The first-order chi connectivity index (χ1) is 14.1. The lowest BCUT2D eigenvalue weighted by molar-refractivity contribution is 0.0998. The van der Waals surface area contributed by atoms with E-state index >= 15 is 0 Å². The molecule has 146 valence electrons. The maximum atomic E-state index is 13.0. The number of carbonyl (C=O) groups excluding carboxylic acids is 2. The van der Waals surface area contributed by atoms with Crippen LogP contribution in [0.3, 0.4) is 0 Å². The van der Waals surface area contributed by atoms with E-state index in [2.05, 4.69) is 17.4 Å². The largest absolute Gasteiger partial charge is 0.451 e. The molecule has 0 aliphatic heterocycles. The normalized spacial score (nSPS) is 10.9. The molecule has 0 fully saturated rings. The van der Waals surface area contributed by atoms with Gasteiger partial charge in [-0.05, 0) is 23.1 Å². The summed E-state index contributed by atoms with van der Waals surface area (Å²) >= 11 is 2.96. The second kappa shape index (κ2) is 8.55. The van der Waals surface area contributed by atoms with E-state index in [1.54, 1.807) is 23.2 Å². The second-order valence-electron chi connectivity index (χ2n) is 6.37. The molecular formula is C22H18N2O3S2. The minimum Gasteiger partial charge on any atom is -0.451 e. The Morgan fingerprint density at radius 1 is 1.00 bits per heavy atom. The van der Waals surface area contributed by atoms with Gasteiger partial charge >= 0.3 is 0 Å². The van der Waals surface area contributed by atoms with Crippen molar-refractivity contribution in [2.45, 2.75) is 11.5 Å². The first kappa shape index (κ1) is 19.3. The number of primary amides is 1. The zero-order valence-electron chi connectivity index (χ0n) is 15.4. The highest BCUT2D eigenvalue weighted by Gasteiger charge is 2.22. The molecular weight excluding hydrogens is 404 g/mol. The molecule has 0 bridgehead atoms. The highest BCUT2D eigenvalue weighted by atomic mass is 32.2. The number of anilines is 1. The van der Waals surface area contributed by atoms with Crippen molar-refractivity contribution in [2.75, 3.05) is 5.32 Å². The lowest BCUT2D eigenvalue weighted by Gasteiger charge is -2.06. The van der Waals surface area contributed by atoms with Crippen molar-refractivity contribution < 1.29 is 14.0 Å². The van der Waals surface area contributed by atoms with Crippen molar-refractivity contribution >= 4 is 50.9 Å². The number of para-hydroxylation sites is 1. The Morgan fingerprint density at radius 3 is 2.55 bits per heavy atom. The van der Waals surface area contributed by atoms with E-state index < -0.39 is 5.91 Å². The standard InChI is InChI=1S/C22H18N2O3S2/c23-20(25)16-10-11-29-22(16)24-21(26)19-17(15-8-4-5-9-18(15)27-19)13-28-12-14-6-2-1-3-7-14/h1-11H,12-13H2,(H2,23,25)(H,24,26). The van der Waals surface area contributed by atoms with Gasteiger partial charge in [0.1, 0.15) is 10.6 Å². The monoisotopic (exact) mass is 422 g/mol. The van der Waals surface area contributed by atoms with Crippen LogP contribution < -0.4 is 11.1 Å². The van der Waals surface area contributed by atoms with Gasteiger partial charge in [-0.1, -0.05) is 48.5 Å². The molecule has 0 saturated heterocycles. The molecule has 7 heteroatoms. The molecule has 4 rings (SSSR count). The molecule has 2 heterocycles. The van der Waals surface area contributed by atoms with Crippen LogP contribution in [0.5, 0.6) is 0 Å². The number of nitrogens with one attached hydrogen (secondary N) is 1. The van der Waals surface area contributed by atoms with Crippen LogP contribution in [0.2, 0.25) is 0 Å². The average Bonchev–Trinajstić information content (AvgIpc) is 3.34. The van der Waals surface area contributed by atoms with Crippen molar-refractivity contribution in [3.63, 3.8) is 0 Å². The Kier molecular flexibility index (Phi) is 5.69. The van der Waals surface area contributed by atoms with Crippen LogP contribution in [0, 0.1) is 0 Å². The Hall–Kier alpha value is -3.03. The fourth-order valence-corrected chi connectivity index (χ4v) is 4.84. The van der Waals surface area contributed by atoms with Crippen LogP contribution >= 0.6 is 23.1 Å². The molecule has 0 aliphatic carbocycles. The SMILES string of the molecule is NC(=O)c1ccsc1NC(=O)c1oc2ccccc2c1CSCc1ccccc1. The summed E-state index contributed by atoms with van der Waals surface area (Å²) < 4.78 is 5.88. The Balaban J connectivity index is 1.59. The molecule has 5 nitrogen and oxygen atoms in total. The number of fused-ring (bicyclic) bond motifs is 1. The molecule has 0 saturated carbocycles. The van der Waals surface area contributed by atoms with Gasteiger partial charge in [0.25, 0.3) is 11.8 Å². The van der Waals surface area contributed by atoms with E-state index in [4.69, 9.17) is 10.2 Å². The molecule has 3 N–H and O–H groups in total. The lowest BCUT2D eigenvalue weighted by atomic mass is 10.1. The number of nitrogens with two attached hydrogens (primary N) is 1. The van der Waals surface area contributed by atoms with Crippen LogP contribution in [-0.4, -0.2) is 11.8 Å². The van der Waals surface area contributed by atoms with Crippen LogP contribution in [-0.2, 0) is 11.5 Å². The van der Waals surface area contributed by atoms with Gasteiger partial charge in [-0.25, -0.2) is 0 Å². The molecule has 0 radical (unpaired) electrons. The number of carbonyl (C=O) groups is 2. The van der Waals surface area contributed by atoms with E-state index in [9.17, 15) is 9.59 Å². The third-order valence-corrected chi connectivity index (χ3v) is 6.28. The molecule has 0 spiro atoms. The zero-order valence-corrected chi connectivity index (χ0v) is 17.0. The van der Waals surface area contributed by atoms with Gasteiger partial charge in [-0.3, -0.25) is 9.59 Å². The summed E-state index contributed by atoms with van der Waals surface area (Å²) in [6.07, 6.45) is 0. The Bertz CT molecular complexity index is 1170. The molecule has 29 heavy (non-hydrogen) atoms. The van der Waals surface area contributed by atoms with Crippen LogP contribution in [0.25, 0.3) is 11.0 Å². The number of hydrogen-bond donors (Lipinski definition) is 2. The highest BCUT2D eigenvalue weighted by molar-refractivity contribution is 7.97. The van der Waals surface area contributed by atoms with E-state index in [0.717, 1.165) is 16.7 Å². The van der Waals surface area contributed by atoms with Gasteiger partial charge in [-0.2, -0.15) is 11.8 Å². The maximum Gasteiger partial charge on any atom is 0.292 e. The summed E-state index contributed by atoms with van der Waals surface area (Å²) in [6, 6.07) is 19.4. The number of amides is 2. The van der Waals surface area contributed by atoms with E-state index in [0.29, 0.717) is 21.9 Å². The van der Waals surface area contributed by atoms with Gasteiger partial charge in [0.05, 0.1) is 5.56 Å². The lowest BCUT2D eigenvalue weighted by Crippen LogP contribution is -2.17. The predicted octanol–water partition coefficient (Wildman–Crippen LogP) is 5.28. The van der Waals surface area contributed by atoms with Gasteiger partial charge in [0.15, 0.2) is 5.76 Å². The number of benzene rings is 2. The molecule has 4 aromatic rings. The van der Waals surface area contributed by atoms with Crippen molar-refractivity contribution in [2.24, 2.45) is 5.73 Å². The summed E-state index contributed by atoms with van der Waals surface area (Å²) in [5.74, 6) is 0.752. The maximum absolute atomic E-state index is 13.0. The van der Waals surface area contributed by atoms with E-state index in [1.807, 2.05) is 42.5 Å². The highest BCUT2D eigenvalue weighted by Crippen LogP contribution is 2.32. The molecule has 2 amide bonds. The van der Waals surface area contributed by atoms with Crippen molar-refractivity contribution in [3.8, 4) is 0 Å². The Labute approximate surface area is 175 Å². The first-order valence-corrected chi connectivity index (χ1v) is 11.0. The number of rotatable bonds is 7. The summed E-state index contributed by atoms with van der Waals surface area (Å²) in [5.41, 5.74) is 8.39. The molecule has 0 atom stereocenters. The van der Waals surface area contributed by atoms with Crippen molar-refractivity contribution in [1.82, 2.24) is 0 Å². The van der Waals surface area contributed by atoms with E-state index in [1.165, 1.54) is 16.9 Å². The Morgan fingerprint density at radius 2 is 1.76 bits per heavy atom. The number of hydrogen-bond acceptors (Lipinski definition) is 5. The van der Waals surface area contributed by atoms with Gasteiger partial charge in [0.2, 0.25) is 0 Å². The van der Waals surface area contributed by atoms with Crippen LogP contribution in [0.15, 0.2) is 70.5 Å². The van der Waals surface area contributed by atoms with Crippen LogP contribution in [0.1, 0.15) is 32.0 Å². The van der Waals surface area contributed by atoms with E-state index in [-0.39, 0.29) is 11.7 Å². The zero-order chi connectivity index (χ0) is 20.2. The smallest absolute Gasteiger partial charge is 0.292 e. The summed E-state index contributed by atoms with van der Waals surface area (Å²) in [5, 5.41) is 5.82. The summed E-state index contributed by atoms with van der Waals surface area (Å²) in [7, 11) is 0.